The zero-order valence-electron chi connectivity index (χ0n) is 7.62. The molecule has 0 aliphatic rings. The van der Waals surface area contributed by atoms with Crippen molar-refractivity contribution in [2.24, 2.45) is 0 Å². The molecule has 0 aliphatic carbocycles. The van der Waals surface area contributed by atoms with Crippen molar-refractivity contribution in [1.82, 2.24) is 4.98 Å². The van der Waals surface area contributed by atoms with Crippen LogP contribution in [0.2, 0.25) is 0 Å². The fourth-order valence-electron chi connectivity index (χ4n) is 0.827. The summed E-state index contributed by atoms with van der Waals surface area (Å²) in [6.07, 6.45) is 5.48. The summed E-state index contributed by atoms with van der Waals surface area (Å²) >= 11 is 0. The Morgan fingerprint density at radius 3 is 3.00 bits per heavy atom. The van der Waals surface area contributed by atoms with Gasteiger partial charge in [-0.3, -0.25) is 4.98 Å². The van der Waals surface area contributed by atoms with E-state index in [1.807, 2.05) is 10.8 Å². The van der Waals surface area contributed by atoms with Crippen LogP contribution in [0.25, 0.3) is 0 Å². The lowest BCUT2D eigenvalue weighted by atomic mass is 10.4. The summed E-state index contributed by atoms with van der Waals surface area (Å²) in [5.41, 5.74) is 0.430. The van der Waals surface area contributed by atoms with E-state index >= 15 is 0 Å². The molecule has 0 aromatic carbocycles. The number of hydrogen-bond donors (Lipinski definition) is 1. The number of carbonyl (C=O) groups excluding carboxylic acids is 1. The zero-order chi connectivity index (χ0) is 9.68. The number of ether oxygens (including phenoxy) is 1. The van der Waals surface area contributed by atoms with E-state index in [1.54, 1.807) is 19.4 Å². The minimum absolute atomic E-state index is 0.337. The number of aromatic nitrogens is 2. The maximum absolute atomic E-state index is 10.9. The Kier molecular flexibility index (Phi) is 3.25. The summed E-state index contributed by atoms with van der Waals surface area (Å²) < 4.78 is 6.80. The van der Waals surface area contributed by atoms with E-state index in [1.165, 1.54) is 0 Å². The molecular formula is C9H13N2O2+. The molecule has 1 heterocycles. The van der Waals surface area contributed by atoms with Gasteiger partial charge in [0.2, 0.25) is 6.33 Å². The molecule has 1 aromatic heterocycles. The van der Waals surface area contributed by atoms with Gasteiger partial charge in [-0.1, -0.05) is 6.58 Å². The smallest absolute Gasteiger partial charge is 0.333 e. The summed E-state index contributed by atoms with van der Waals surface area (Å²) in [5.74, 6) is -0.337. The monoisotopic (exact) mass is 181 g/mol. The van der Waals surface area contributed by atoms with Crippen molar-refractivity contribution >= 4 is 5.97 Å². The normalized spacial score (nSPS) is 9.62. The second kappa shape index (κ2) is 4.45. The fourth-order valence-corrected chi connectivity index (χ4v) is 0.827. The van der Waals surface area contributed by atoms with Gasteiger partial charge in [0.1, 0.15) is 25.5 Å². The maximum Gasteiger partial charge on any atom is 0.333 e. The molecule has 0 radical (unpaired) electrons. The molecule has 13 heavy (non-hydrogen) atoms. The fraction of sp³-hybridized carbons (Fsp3) is 0.333. The molecular weight excluding hydrogens is 168 g/mol. The van der Waals surface area contributed by atoms with Crippen LogP contribution in [0.15, 0.2) is 30.9 Å². The molecule has 0 bridgehead atoms. The van der Waals surface area contributed by atoms with Gasteiger partial charge in [-0.25, -0.2) is 9.36 Å². The van der Waals surface area contributed by atoms with Gasteiger partial charge in [0.15, 0.2) is 0 Å². The predicted molar refractivity (Wildman–Crippen MR) is 46.8 cm³/mol. The van der Waals surface area contributed by atoms with E-state index in [0.29, 0.717) is 18.7 Å². The molecule has 0 aliphatic heterocycles. The third-order valence-electron chi connectivity index (χ3n) is 1.53. The van der Waals surface area contributed by atoms with Crippen LogP contribution in [0, 0.1) is 0 Å². The molecule has 4 heteroatoms. The van der Waals surface area contributed by atoms with Crippen LogP contribution in [0.4, 0.5) is 0 Å². The first-order chi connectivity index (χ1) is 6.20. The predicted octanol–water partition coefficient (Wildman–Crippen LogP) is 0.421. The third kappa shape index (κ3) is 3.11. The number of nitrogens with zero attached hydrogens (tertiary/aromatic N) is 1. The molecule has 0 spiro atoms. The maximum atomic E-state index is 10.9. The molecule has 1 rings (SSSR count). The van der Waals surface area contributed by atoms with E-state index in [-0.39, 0.29) is 5.97 Å². The minimum atomic E-state index is -0.337. The first kappa shape index (κ1) is 9.51. The molecule has 0 atom stereocenters. The summed E-state index contributed by atoms with van der Waals surface area (Å²) in [5, 5.41) is 0. The summed E-state index contributed by atoms with van der Waals surface area (Å²) in [6.45, 7) is 6.14. The van der Waals surface area contributed by atoms with Crippen molar-refractivity contribution in [3.63, 3.8) is 0 Å². The van der Waals surface area contributed by atoms with Crippen LogP contribution in [-0.4, -0.2) is 17.6 Å². The van der Waals surface area contributed by atoms with Crippen LogP contribution in [0.3, 0.4) is 0 Å². The van der Waals surface area contributed by atoms with Gasteiger partial charge >= 0.3 is 5.97 Å². The van der Waals surface area contributed by atoms with Crippen LogP contribution >= 0.6 is 0 Å². The molecule has 0 fully saturated rings. The standard InChI is InChI=1S/C9H12N2O2/c1-8(2)9(12)13-6-5-11-4-3-10-7-11/h3-4,7H,1,5-6H2,2H3/p+1. The van der Waals surface area contributed by atoms with Crippen LogP contribution < -0.4 is 4.57 Å². The minimum Gasteiger partial charge on any atom is -0.458 e. The lowest BCUT2D eigenvalue weighted by Gasteiger charge is -2.01. The molecule has 4 nitrogen and oxygen atoms in total. The molecule has 0 amide bonds. The number of imidazole rings is 1. The van der Waals surface area contributed by atoms with Crippen molar-refractivity contribution in [1.29, 1.82) is 0 Å². The number of aromatic amines is 1. The zero-order valence-corrected chi connectivity index (χ0v) is 7.62. The van der Waals surface area contributed by atoms with Crippen molar-refractivity contribution in [2.75, 3.05) is 6.61 Å². The Morgan fingerprint density at radius 1 is 1.69 bits per heavy atom. The number of rotatable bonds is 4. The van der Waals surface area contributed by atoms with E-state index in [2.05, 4.69) is 11.6 Å². The largest absolute Gasteiger partial charge is 0.458 e. The quantitative estimate of drug-likeness (QED) is 0.415. The third-order valence-corrected chi connectivity index (χ3v) is 1.53. The molecule has 0 unspecified atom stereocenters. The highest BCUT2D eigenvalue weighted by Gasteiger charge is 2.03. The highest BCUT2D eigenvalue weighted by atomic mass is 16.5. The lowest BCUT2D eigenvalue weighted by molar-refractivity contribution is -0.696. The Morgan fingerprint density at radius 2 is 2.46 bits per heavy atom. The van der Waals surface area contributed by atoms with Gasteiger partial charge < -0.3 is 4.74 Å². The summed E-state index contributed by atoms with van der Waals surface area (Å²) in [4.78, 5) is 13.8. The van der Waals surface area contributed by atoms with E-state index in [9.17, 15) is 4.79 Å². The van der Waals surface area contributed by atoms with Crippen molar-refractivity contribution in [2.45, 2.75) is 13.5 Å². The first-order valence-corrected chi connectivity index (χ1v) is 4.04. The van der Waals surface area contributed by atoms with Gasteiger partial charge in [0.25, 0.3) is 0 Å². The lowest BCUT2D eigenvalue weighted by Crippen LogP contribution is -2.33. The average Bonchev–Trinajstić information content (AvgIpc) is 2.56. The van der Waals surface area contributed by atoms with Crippen LogP contribution in [0.5, 0.6) is 0 Å². The van der Waals surface area contributed by atoms with E-state index < -0.39 is 0 Å². The first-order valence-electron chi connectivity index (χ1n) is 4.04. The summed E-state index contributed by atoms with van der Waals surface area (Å²) in [7, 11) is 0. The molecule has 70 valence electrons. The topological polar surface area (TPSA) is 46.0 Å². The van der Waals surface area contributed by atoms with Crippen LogP contribution in [0.1, 0.15) is 6.92 Å². The van der Waals surface area contributed by atoms with E-state index in [4.69, 9.17) is 4.74 Å². The van der Waals surface area contributed by atoms with Crippen molar-refractivity contribution in [3.8, 4) is 0 Å². The Bertz CT molecular complexity index is 291. The molecule has 1 N–H and O–H groups in total. The highest BCUT2D eigenvalue weighted by molar-refractivity contribution is 5.86. The number of esters is 1. The second-order valence-electron chi connectivity index (χ2n) is 2.77. The van der Waals surface area contributed by atoms with E-state index in [0.717, 1.165) is 0 Å². The van der Waals surface area contributed by atoms with Gasteiger partial charge in [0, 0.05) is 5.57 Å². The Hall–Kier alpha value is -1.58. The Balaban J connectivity index is 2.22. The number of nitrogens with one attached hydrogen (secondary N) is 1. The second-order valence-corrected chi connectivity index (χ2v) is 2.77. The SMILES string of the molecule is C=C(C)C(=O)OCC[n+]1cc[nH]c1. The highest BCUT2D eigenvalue weighted by Crippen LogP contribution is 1.90. The number of hydrogen-bond acceptors (Lipinski definition) is 2. The number of carbonyl (C=O) groups is 1. The number of H-pyrrole nitrogens is 1. The van der Waals surface area contributed by atoms with Gasteiger partial charge in [0.05, 0.1) is 0 Å². The molecule has 0 saturated carbocycles. The van der Waals surface area contributed by atoms with Crippen molar-refractivity contribution < 1.29 is 14.1 Å². The van der Waals surface area contributed by atoms with Gasteiger partial charge in [-0.2, -0.15) is 0 Å². The van der Waals surface area contributed by atoms with Gasteiger partial charge in [-0.15, -0.1) is 0 Å². The Labute approximate surface area is 76.8 Å². The average molecular weight is 181 g/mol. The van der Waals surface area contributed by atoms with Gasteiger partial charge in [-0.05, 0) is 6.92 Å². The molecule has 1 aromatic rings. The van der Waals surface area contributed by atoms with Crippen molar-refractivity contribution in [3.05, 3.63) is 30.9 Å². The van der Waals surface area contributed by atoms with Crippen LogP contribution in [-0.2, 0) is 16.1 Å². The molecule has 0 saturated heterocycles. The summed E-state index contributed by atoms with van der Waals surface area (Å²) in [6, 6.07) is 0.